The van der Waals surface area contributed by atoms with E-state index in [0.717, 1.165) is 18.4 Å². The Labute approximate surface area is 399 Å². The SMILES string of the molecule is CCCOC1C[C@@H]2CC[C@@H](C)[C@@](O)(O2)C(=O)C(=O)N2CCCC[C@H]2C(=O)O[C@H]([C@H](C)C[C@@H]2CC[C@@H](O)[C@H](OC)C2)CC(=O)[C@H](C)/C=C(\C)[C@@H](O)[C@@H](OC)C(=O)[C@H](C)C[C@H](C)/C=C/C=C/C=C/1C. The summed E-state index contributed by atoms with van der Waals surface area (Å²) in [5, 5.41) is 34.0. The smallest absolute Gasteiger partial charge is 0.329 e. The van der Waals surface area contributed by atoms with E-state index in [1.807, 2.05) is 65.0 Å². The summed E-state index contributed by atoms with van der Waals surface area (Å²) >= 11 is 0. The minimum atomic E-state index is -2.43. The van der Waals surface area contributed by atoms with Gasteiger partial charge in [-0.15, -0.1) is 0 Å². The molecule has 2 bridgehead atoms. The molecule has 14 nitrogen and oxygen atoms in total. The topological polar surface area (TPSA) is 195 Å². The number of methoxy groups -OCH3 is 2. The monoisotopic (exact) mass is 942 g/mol. The van der Waals surface area contributed by atoms with Gasteiger partial charge in [0.25, 0.3) is 11.7 Å². The zero-order valence-electron chi connectivity index (χ0n) is 42.0. The first-order valence-electron chi connectivity index (χ1n) is 25.0. The molecule has 2 saturated heterocycles. The van der Waals surface area contributed by atoms with E-state index >= 15 is 0 Å². The maximum Gasteiger partial charge on any atom is 0.329 e. The lowest BCUT2D eigenvalue weighted by molar-refractivity contribution is -0.266. The van der Waals surface area contributed by atoms with Crippen LogP contribution in [0, 0.1) is 35.5 Å². The molecule has 0 aromatic carbocycles. The van der Waals surface area contributed by atoms with Crippen molar-refractivity contribution in [3.63, 3.8) is 0 Å². The van der Waals surface area contributed by atoms with E-state index in [0.29, 0.717) is 70.0 Å². The Bertz CT molecular complexity index is 1790. The highest BCUT2D eigenvalue weighted by Gasteiger charge is 2.53. The van der Waals surface area contributed by atoms with Gasteiger partial charge in [-0.3, -0.25) is 19.2 Å². The number of ether oxygens (including phenoxy) is 5. The predicted molar refractivity (Wildman–Crippen MR) is 254 cm³/mol. The zero-order chi connectivity index (χ0) is 49.6. The van der Waals surface area contributed by atoms with Crippen LogP contribution in [0.2, 0.25) is 0 Å². The van der Waals surface area contributed by atoms with Gasteiger partial charge in [0.1, 0.15) is 30.1 Å². The molecule has 14 heteroatoms. The van der Waals surface area contributed by atoms with Crippen LogP contribution in [0.5, 0.6) is 0 Å². The van der Waals surface area contributed by atoms with Gasteiger partial charge < -0.3 is 43.9 Å². The predicted octanol–water partition coefficient (Wildman–Crippen LogP) is 6.96. The Hall–Kier alpha value is -3.37. The molecule has 15 atom stereocenters. The van der Waals surface area contributed by atoms with Gasteiger partial charge in [-0.1, -0.05) is 78.0 Å². The Morgan fingerprint density at radius 3 is 2.30 bits per heavy atom. The number of nitrogens with zero attached hydrogens (tertiary/aromatic N) is 1. The Morgan fingerprint density at radius 1 is 0.881 bits per heavy atom. The van der Waals surface area contributed by atoms with E-state index in [-0.39, 0.29) is 54.8 Å². The van der Waals surface area contributed by atoms with Crippen LogP contribution in [-0.4, -0.2) is 131 Å². The second kappa shape index (κ2) is 26.6. The van der Waals surface area contributed by atoms with Gasteiger partial charge >= 0.3 is 5.97 Å². The fourth-order valence-corrected chi connectivity index (χ4v) is 10.3. The maximum atomic E-state index is 14.4. The minimum Gasteiger partial charge on any atom is -0.460 e. The fraction of sp³-hybridized carbons (Fsp3) is 0.755. The molecule has 1 amide bonds. The third-order valence-corrected chi connectivity index (χ3v) is 14.7. The van der Waals surface area contributed by atoms with Crippen molar-refractivity contribution in [3.8, 4) is 0 Å². The summed E-state index contributed by atoms with van der Waals surface area (Å²) in [6.45, 7) is 15.3. The molecule has 1 saturated carbocycles. The number of carbonyl (C=O) groups is 5. The molecule has 0 spiro atoms. The van der Waals surface area contributed by atoms with E-state index in [9.17, 15) is 39.3 Å². The van der Waals surface area contributed by atoms with Gasteiger partial charge in [0.2, 0.25) is 5.79 Å². The summed E-state index contributed by atoms with van der Waals surface area (Å²) in [7, 11) is 2.95. The number of aliphatic hydroxyl groups is 3. The number of hydrogen-bond acceptors (Lipinski definition) is 13. The van der Waals surface area contributed by atoms with Crippen molar-refractivity contribution >= 4 is 29.2 Å². The van der Waals surface area contributed by atoms with Gasteiger partial charge in [-0.25, -0.2) is 4.79 Å². The number of amides is 1. The molecule has 3 aliphatic heterocycles. The van der Waals surface area contributed by atoms with Crippen LogP contribution in [-0.2, 0) is 47.7 Å². The van der Waals surface area contributed by atoms with Crippen LogP contribution in [0.15, 0.2) is 47.6 Å². The lowest BCUT2D eigenvalue weighted by Crippen LogP contribution is -2.61. The number of allylic oxidation sites excluding steroid dienone is 6. The lowest BCUT2D eigenvalue weighted by Gasteiger charge is -2.43. The average molecular weight is 942 g/mol. The van der Waals surface area contributed by atoms with E-state index in [2.05, 4.69) is 0 Å². The van der Waals surface area contributed by atoms with Crippen molar-refractivity contribution in [1.29, 1.82) is 0 Å². The fourth-order valence-electron chi connectivity index (χ4n) is 10.3. The van der Waals surface area contributed by atoms with Crippen LogP contribution in [0.25, 0.3) is 0 Å². The first-order valence-corrected chi connectivity index (χ1v) is 25.0. The molecule has 3 heterocycles. The molecule has 67 heavy (non-hydrogen) atoms. The number of carbonyl (C=O) groups excluding carboxylic acids is 5. The Balaban J connectivity index is 1.72. The summed E-state index contributed by atoms with van der Waals surface area (Å²) in [5.74, 6) is -7.95. The number of ketones is 3. The van der Waals surface area contributed by atoms with E-state index < -0.39 is 83.9 Å². The van der Waals surface area contributed by atoms with Crippen LogP contribution in [0.4, 0.5) is 0 Å². The van der Waals surface area contributed by atoms with E-state index in [1.165, 1.54) is 12.0 Å². The highest BCUT2D eigenvalue weighted by atomic mass is 16.6. The highest BCUT2D eigenvalue weighted by Crippen LogP contribution is 2.38. The van der Waals surface area contributed by atoms with Crippen LogP contribution in [0.1, 0.15) is 139 Å². The third-order valence-electron chi connectivity index (χ3n) is 14.7. The molecular weight excluding hydrogens is 859 g/mol. The summed E-state index contributed by atoms with van der Waals surface area (Å²) in [6.07, 6.45) is 12.1. The lowest BCUT2D eigenvalue weighted by atomic mass is 9.78. The number of fused-ring (bicyclic) bond motifs is 3. The van der Waals surface area contributed by atoms with Crippen LogP contribution in [0.3, 0.4) is 0 Å². The molecule has 3 N–H and O–H groups in total. The molecule has 4 aliphatic rings. The summed E-state index contributed by atoms with van der Waals surface area (Å²) in [6, 6.07) is -1.14. The van der Waals surface area contributed by atoms with Crippen molar-refractivity contribution < 1.29 is 63.0 Å². The van der Waals surface area contributed by atoms with Gasteiger partial charge in [0.05, 0.1) is 24.4 Å². The third kappa shape index (κ3) is 15.3. The van der Waals surface area contributed by atoms with Gasteiger partial charge in [-0.05, 0) is 113 Å². The Kier molecular flexibility index (Phi) is 22.3. The number of aliphatic hydroxyl groups excluding tert-OH is 2. The largest absolute Gasteiger partial charge is 0.460 e. The average Bonchev–Trinajstić information content (AvgIpc) is 3.30. The maximum absolute atomic E-state index is 14.4. The first-order chi connectivity index (χ1) is 31.7. The molecular formula is C53H83NO13. The Morgan fingerprint density at radius 2 is 1.61 bits per heavy atom. The number of hydrogen-bond donors (Lipinski definition) is 3. The molecule has 378 valence electrons. The number of piperidine rings is 1. The molecule has 1 aliphatic carbocycles. The van der Waals surface area contributed by atoms with Crippen LogP contribution >= 0.6 is 0 Å². The number of cyclic esters (lactones) is 1. The van der Waals surface area contributed by atoms with E-state index in [4.69, 9.17) is 23.7 Å². The van der Waals surface area contributed by atoms with Gasteiger partial charge in [0, 0.05) is 58.0 Å². The quantitative estimate of drug-likeness (QED) is 0.129. The second-order valence-corrected chi connectivity index (χ2v) is 20.2. The van der Waals surface area contributed by atoms with Crippen molar-refractivity contribution in [3.05, 3.63) is 47.6 Å². The van der Waals surface area contributed by atoms with Gasteiger partial charge in [0.15, 0.2) is 5.78 Å². The molecule has 3 fully saturated rings. The molecule has 0 aromatic rings. The number of esters is 1. The second-order valence-electron chi connectivity index (χ2n) is 20.2. The minimum absolute atomic E-state index is 0.0183. The standard InChI is InChI=1S/C53H83NO13/c1-11-25-65-44-30-40-22-20-38(8)53(62,67-40)50(59)51(60)54-24-16-15-19-41(54)52(61)66-45(35(5)28-39-21-23-42(55)46(29-39)63-9)31-43(56)34(4)27-37(7)48(58)49(64-10)47(57)36(6)26-32(2)17-13-12-14-18-33(44)3/h12-14,17-18,27,32,34-36,38-42,44-46,48-49,55,58,62H,11,15-16,19-26,28-31H2,1-10H3/b14-12+,17-13+,33-18+,37-27+/t32-,34-,35-,36-,38-,39+,40+,41+,42-,44?,45+,46-,48-,49+,53-/m1/s1. The molecule has 4 rings (SSSR count). The zero-order valence-corrected chi connectivity index (χ0v) is 42.0. The van der Waals surface area contributed by atoms with Crippen molar-refractivity contribution in [1.82, 2.24) is 4.90 Å². The summed E-state index contributed by atoms with van der Waals surface area (Å²) in [4.78, 5) is 72.1. The first kappa shape index (κ1) is 56.2. The van der Waals surface area contributed by atoms with Gasteiger partial charge in [-0.2, -0.15) is 0 Å². The van der Waals surface area contributed by atoms with Crippen LogP contribution < -0.4 is 0 Å². The van der Waals surface area contributed by atoms with Crippen molar-refractivity contribution in [2.45, 2.75) is 193 Å². The number of rotatable bonds is 8. The summed E-state index contributed by atoms with van der Waals surface area (Å²) < 4.78 is 29.9. The normalized spacial score (nSPS) is 39.6. The molecule has 0 radical (unpaired) electrons. The van der Waals surface area contributed by atoms with E-state index in [1.54, 1.807) is 34.0 Å². The van der Waals surface area contributed by atoms with Crippen molar-refractivity contribution in [2.75, 3.05) is 27.4 Å². The van der Waals surface area contributed by atoms with Crippen molar-refractivity contribution in [2.24, 2.45) is 35.5 Å². The summed E-state index contributed by atoms with van der Waals surface area (Å²) in [5.41, 5.74) is 1.30. The number of Topliss-reactive ketones (excluding diaryl/α,β-unsaturated/α-hetero) is 3. The molecule has 1 unspecified atom stereocenters. The molecule has 0 aromatic heterocycles. The highest BCUT2D eigenvalue weighted by molar-refractivity contribution is 6.39.